The molecule has 0 unspecified atom stereocenters. The van der Waals surface area contributed by atoms with Gasteiger partial charge in [0, 0.05) is 25.6 Å². The molecule has 30 heavy (non-hydrogen) atoms. The Morgan fingerprint density at radius 3 is 2.80 bits per heavy atom. The summed E-state index contributed by atoms with van der Waals surface area (Å²) in [7, 11) is 1.56. The third kappa shape index (κ3) is 3.07. The van der Waals surface area contributed by atoms with Gasteiger partial charge in [-0.1, -0.05) is 23.4 Å². The average molecular weight is 437 g/mol. The number of primary amides is 1. The molecule has 0 bridgehead atoms. The molecule has 1 aromatic carbocycles. The highest BCUT2D eigenvalue weighted by Gasteiger charge is 2.44. The summed E-state index contributed by atoms with van der Waals surface area (Å²) in [4.78, 5) is 25.0. The van der Waals surface area contributed by atoms with Crippen LogP contribution in [0, 0.1) is 11.8 Å². The van der Waals surface area contributed by atoms with Gasteiger partial charge >= 0.3 is 5.92 Å². The monoisotopic (exact) mass is 436 g/mol. The molecule has 3 heterocycles. The number of carbonyl (C=O) groups is 2. The topological polar surface area (TPSA) is 111 Å². The van der Waals surface area contributed by atoms with Crippen LogP contribution in [0.1, 0.15) is 28.2 Å². The molecular weight excluding hydrogens is 422 g/mol. The smallest absolute Gasteiger partial charge is 0.324 e. The third-order valence-corrected chi connectivity index (χ3v) is 5.28. The van der Waals surface area contributed by atoms with Crippen LogP contribution in [0.3, 0.4) is 0 Å². The van der Waals surface area contributed by atoms with E-state index in [0.29, 0.717) is 12.1 Å². The zero-order valence-electron chi connectivity index (χ0n) is 15.6. The number of alkyl halides is 2. The van der Waals surface area contributed by atoms with Crippen molar-refractivity contribution in [3.8, 4) is 23.3 Å². The molecular formula is C19H15ClF2N4O4. The van der Waals surface area contributed by atoms with E-state index in [0.717, 1.165) is 4.68 Å². The summed E-state index contributed by atoms with van der Waals surface area (Å²) < 4.78 is 35.2. The average Bonchev–Trinajstić information content (AvgIpc) is 3.14. The summed E-state index contributed by atoms with van der Waals surface area (Å²) in [5.41, 5.74) is 2.52. The first-order valence-electron chi connectivity index (χ1n) is 8.78. The van der Waals surface area contributed by atoms with E-state index in [4.69, 9.17) is 22.1 Å². The Bertz CT molecular complexity index is 1150. The van der Waals surface area contributed by atoms with Crippen molar-refractivity contribution in [3.05, 3.63) is 40.2 Å². The van der Waals surface area contributed by atoms with Gasteiger partial charge in [-0.3, -0.25) is 9.59 Å². The highest BCUT2D eigenvalue weighted by Crippen LogP contribution is 2.41. The van der Waals surface area contributed by atoms with Gasteiger partial charge in [0.25, 0.3) is 11.8 Å². The molecule has 2 aliphatic rings. The maximum atomic E-state index is 14.6. The van der Waals surface area contributed by atoms with Gasteiger partial charge in [0.05, 0.1) is 0 Å². The van der Waals surface area contributed by atoms with Crippen molar-refractivity contribution in [2.75, 3.05) is 20.2 Å². The Labute approximate surface area is 174 Å². The minimum Gasteiger partial charge on any atom is -0.485 e. The number of rotatable bonds is 1. The molecule has 1 aromatic heterocycles. The van der Waals surface area contributed by atoms with Gasteiger partial charge in [-0.2, -0.15) is 13.9 Å². The van der Waals surface area contributed by atoms with E-state index in [-0.39, 0.29) is 17.9 Å². The first-order chi connectivity index (χ1) is 14.0. The highest BCUT2D eigenvalue weighted by molar-refractivity contribution is 6.34. The van der Waals surface area contributed by atoms with Gasteiger partial charge in [-0.15, -0.1) is 0 Å². The van der Waals surface area contributed by atoms with E-state index in [1.54, 1.807) is 7.05 Å². The van der Waals surface area contributed by atoms with Crippen LogP contribution in [0.5, 0.6) is 5.75 Å². The Hall–Kier alpha value is -3.16. The number of hydrogen-bond acceptors (Lipinski definition) is 5. The number of fused-ring (bicyclic) bond motifs is 3. The predicted octanol–water partition coefficient (Wildman–Crippen LogP) is 1.05. The number of aromatic nitrogens is 2. The van der Waals surface area contributed by atoms with Crippen molar-refractivity contribution in [3.63, 3.8) is 0 Å². The molecule has 0 aliphatic carbocycles. The Morgan fingerprint density at radius 2 is 2.17 bits per heavy atom. The molecule has 156 valence electrons. The van der Waals surface area contributed by atoms with Crippen LogP contribution in [-0.4, -0.2) is 57.4 Å². The molecule has 11 heteroatoms. The fourth-order valence-corrected chi connectivity index (χ4v) is 3.66. The lowest BCUT2D eigenvalue weighted by molar-refractivity contribution is -0.137. The van der Waals surface area contributed by atoms with Gasteiger partial charge in [0.1, 0.15) is 22.2 Å². The third-order valence-electron chi connectivity index (χ3n) is 4.93. The Kier molecular flexibility index (Phi) is 4.48. The minimum atomic E-state index is -3.54. The van der Waals surface area contributed by atoms with Crippen LogP contribution >= 0.6 is 11.6 Å². The van der Waals surface area contributed by atoms with Crippen LogP contribution in [0.15, 0.2) is 18.2 Å². The second-order valence-electron chi connectivity index (χ2n) is 7.05. The van der Waals surface area contributed by atoms with Crippen molar-refractivity contribution in [2.45, 2.75) is 17.9 Å². The Morgan fingerprint density at radius 1 is 1.43 bits per heavy atom. The number of likely N-dealkylation sites (N-methyl/N-ethyl adjacent to an activating group) is 1. The normalized spacial score (nSPS) is 21.8. The summed E-state index contributed by atoms with van der Waals surface area (Å²) >= 11 is 5.97. The van der Waals surface area contributed by atoms with Crippen molar-refractivity contribution >= 4 is 23.4 Å². The number of nitrogens with two attached hydrogens (primary N) is 1. The number of aliphatic hydroxyl groups is 1. The largest absolute Gasteiger partial charge is 0.485 e. The second kappa shape index (κ2) is 6.68. The minimum absolute atomic E-state index is 0.0598. The fourth-order valence-electron chi connectivity index (χ4n) is 3.31. The van der Waals surface area contributed by atoms with Crippen molar-refractivity contribution in [1.82, 2.24) is 14.7 Å². The van der Waals surface area contributed by atoms with E-state index in [1.165, 1.54) is 23.1 Å². The number of halogens is 3. The second-order valence-corrected chi connectivity index (χ2v) is 7.43. The number of ether oxygens (including phenoxy) is 1. The molecule has 8 nitrogen and oxygen atoms in total. The van der Waals surface area contributed by atoms with E-state index in [9.17, 15) is 23.5 Å². The fraction of sp³-hybridized carbons (Fsp3) is 0.316. The first kappa shape index (κ1) is 20.1. The highest BCUT2D eigenvalue weighted by atomic mass is 35.5. The molecule has 1 atom stereocenters. The summed E-state index contributed by atoms with van der Waals surface area (Å²) in [6.45, 7) is -0.655. The van der Waals surface area contributed by atoms with E-state index < -0.39 is 46.4 Å². The SMILES string of the molecule is CN1CC[C@@](O)(C#Cc2ccc3c(c2)-n2nc(C(N)=O)c(Cl)c2C(F)(F)CO3)C1=O. The van der Waals surface area contributed by atoms with E-state index >= 15 is 0 Å². The Balaban J connectivity index is 1.83. The van der Waals surface area contributed by atoms with Crippen molar-refractivity contribution in [2.24, 2.45) is 5.73 Å². The number of carbonyl (C=O) groups excluding carboxylic acids is 2. The number of amides is 2. The van der Waals surface area contributed by atoms with Crippen LogP contribution in [0.25, 0.3) is 5.69 Å². The summed E-state index contributed by atoms with van der Waals surface area (Å²) in [6.07, 6.45) is 0.149. The van der Waals surface area contributed by atoms with Crippen LogP contribution < -0.4 is 10.5 Å². The zero-order chi connectivity index (χ0) is 21.8. The van der Waals surface area contributed by atoms with Crippen molar-refractivity contribution < 1.29 is 28.2 Å². The number of hydrogen-bond donors (Lipinski definition) is 2. The lowest BCUT2D eigenvalue weighted by atomic mass is 10.0. The van der Waals surface area contributed by atoms with Crippen LogP contribution in [0.4, 0.5) is 8.78 Å². The van der Waals surface area contributed by atoms with Crippen LogP contribution in [-0.2, 0) is 10.7 Å². The number of benzene rings is 1. The maximum Gasteiger partial charge on any atom is 0.324 e. The van der Waals surface area contributed by atoms with Gasteiger partial charge in [0.15, 0.2) is 12.3 Å². The molecule has 2 aromatic rings. The zero-order valence-corrected chi connectivity index (χ0v) is 16.3. The van der Waals surface area contributed by atoms with Crippen LogP contribution in [0.2, 0.25) is 5.02 Å². The van der Waals surface area contributed by atoms with Gasteiger partial charge in [0.2, 0.25) is 5.60 Å². The van der Waals surface area contributed by atoms with Gasteiger partial charge in [-0.25, -0.2) is 4.68 Å². The number of likely N-dealkylation sites (tertiary alicyclic amines) is 1. The summed E-state index contributed by atoms with van der Waals surface area (Å²) in [5, 5.41) is 13.7. The standard InChI is InChI=1S/C19H15ClF2N4O4/c1-25-7-6-18(29,17(25)28)5-4-10-2-3-12-11(8-10)26-15(19(21,22)9-30-12)13(20)14(24-26)16(23)27/h2-3,8,29H,6-7,9H2,1H3,(H2,23,27)/t18-/m0/s1. The lowest BCUT2D eigenvalue weighted by Gasteiger charge is -2.13. The van der Waals surface area contributed by atoms with Crippen molar-refractivity contribution in [1.29, 1.82) is 0 Å². The molecule has 3 N–H and O–H groups in total. The summed E-state index contributed by atoms with van der Waals surface area (Å²) in [5.74, 6) is 0.184. The molecule has 2 aliphatic heterocycles. The quantitative estimate of drug-likeness (QED) is 0.649. The first-order valence-corrected chi connectivity index (χ1v) is 9.16. The lowest BCUT2D eigenvalue weighted by Crippen LogP contribution is -2.37. The van der Waals surface area contributed by atoms with Gasteiger partial charge < -0.3 is 20.5 Å². The van der Waals surface area contributed by atoms with Gasteiger partial charge in [-0.05, 0) is 18.2 Å². The molecule has 0 spiro atoms. The molecule has 0 saturated carbocycles. The molecule has 1 fully saturated rings. The van der Waals surface area contributed by atoms with E-state index in [2.05, 4.69) is 16.9 Å². The predicted molar refractivity (Wildman–Crippen MR) is 101 cm³/mol. The molecule has 0 radical (unpaired) electrons. The molecule has 1 saturated heterocycles. The summed E-state index contributed by atoms with van der Waals surface area (Å²) in [6, 6.07) is 4.27. The maximum absolute atomic E-state index is 14.6. The molecule has 4 rings (SSSR count). The number of nitrogens with zero attached hydrogens (tertiary/aromatic N) is 3. The molecule has 2 amide bonds. The van der Waals surface area contributed by atoms with E-state index in [1.807, 2.05) is 0 Å².